The largest absolute Gasteiger partial charge is 0.343 e. The van der Waals surface area contributed by atoms with E-state index < -0.39 is 6.29 Å². The second kappa shape index (κ2) is 5.52. The molecule has 2 fully saturated rings. The third-order valence-corrected chi connectivity index (χ3v) is 5.04. The predicted molar refractivity (Wildman–Crippen MR) is 85.8 cm³/mol. The van der Waals surface area contributed by atoms with Gasteiger partial charge in [0.05, 0.1) is 17.7 Å². The lowest BCUT2D eigenvalue weighted by Gasteiger charge is -2.26. The summed E-state index contributed by atoms with van der Waals surface area (Å²) in [6, 6.07) is 7.20. The number of hydrogen-bond acceptors (Lipinski definition) is 5. The standard InChI is InChI=1S/C15H14ClN3O3S/c1-18-13(8-4-2-3-5-9(8)16)17-19(15(18)23)10-6-11(20)14-21-7-12(10)22-14/h2-5,10,12,14H,6-7H2,1H3/t10-,12+,14-/m0/s1. The monoisotopic (exact) mass is 351 g/mol. The Labute approximate surface area is 142 Å². The van der Waals surface area contributed by atoms with Gasteiger partial charge in [-0.05, 0) is 24.4 Å². The van der Waals surface area contributed by atoms with Crippen molar-refractivity contribution >= 4 is 29.6 Å². The van der Waals surface area contributed by atoms with Gasteiger partial charge in [0.25, 0.3) is 0 Å². The molecule has 0 N–H and O–H groups in total. The Morgan fingerprint density at radius 1 is 1.39 bits per heavy atom. The third kappa shape index (κ3) is 2.35. The second-order valence-corrected chi connectivity index (χ2v) is 6.44. The van der Waals surface area contributed by atoms with Crippen molar-refractivity contribution in [2.75, 3.05) is 6.61 Å². The first-order chi connectivity index (χ1) is 11.1. The smallest absolute Gasteiger partial charge is 0.218 e. The first-order valence-corrected chi connectivity index (χ1v) is 8.05. The number of hydrogen-bond donors (Lipinski definition) is 0. The second-order valence-electron chi connectivity index (χ2n) is 5.67. The highest BCUT2D eigenvalue weighted by atomic mass is 35.5. The Hall–Kier alpha value is -1.54. The molecule has 0 spiro atoms. The molecule has 8 heteroatoms. The molecule has 2 aromatic rings. The highest BCUT2D eigenvalue weighted by Gasteiger charge is 2.45. The van der Waals surface area contributed by atoms with E-state index in [0.29, 0.717) is 28.6 Å². The zero-order chi connectivity index (χ0) is 16.1. The van der Waals surface area contributed by atoms with Gasteiger partial charge in [-0.25, -0.2) is 4.68 Å². The Balaban J connectivity index is 1.79. The number of ketones is 1. The van der Waals surface area contributed by atoms with E-state index in [0.717, 1.165) is 5.56 Å². The van der Waals surface area contributed by atoms with Crippen molar-refractivity contribution in [2.24, 2.45) is 7.05 Å². The van der Waals surface area contributed by atoms with Gasteiger partial charge < -0.3 is 14.0 Å². The van der Waals surface area contributed by atoms with Gasteiger partial charge in [0, 0.05) is 19.0 Å². The topological polar surface area (TPSA) is 58.3 Å². The lowest BCUT2D eigenvalue weighted by atomic mass is 10.0. The number of ether oxygens (including phenoxy) is 2. The van der Waals surface area contributed by atoms with Crippen LogP contribution in [-0.2, 0) is 21.3 Å². The van der Waals surface area contributed by atoms with Crippen LogP contribution in [0.4, 0.5) is 0 Å². The van der Waals surface area contributed by atoms with Crippen LogP contribution < -0.4 is 0 Å². The van der Waals surface area contributed by atoms with Crippen molar-refractivity contribution in [3.8, 4) is 11.4 Å². The van der Waals surface area contributed by atoms with E-state index in [2.05, 4.69) is 5.10 Å². The normalized spacial score (nSPS) is 26.7. The van der Waals surface area contributed by atoms with Crippen LogP contribution in [0.15, 0.2) is 24.3 Å². The Bertz CT molecular complexity index is 847. The number of rotatable bonds is 2. The molecule has 0 amide bonds. The van der Waals surface area contributed by atoms with Gasteiger partial charge in [-0.2, -0.15) is 5.10 Å². The minimum absolute atomic E-state index is 0.0735. The maximum atomic E-state index is 12.0. The average molecular weight is 352 g/mol. The zero-order valence-electron chi connectivity index (χ0n) is 12.3. The summed E-state index contributed by atoms with van der Waals surface area (Å²) in [5.74, 6) is 0.588. The summed E-state index contributed by atoms with van der Waals surface area (Å²) in [5, 5.41) is 5.22. The summed E-state index contributed by atoms with van der Waals surface area (Å²) in [6.07, 6.45) is -0.627. The van der Waals surface area contributed by atoms with Gasteiger partial charge in [0.15, 0.2) is 16.4 Å². The van der Waals surface area contributed by atoms with Crippen molar-refractivity contribution in [3.63, 3.8) is 0 Å². The van der Waals surface area contributed by atoms with E-state index in [9.17, 15) is 4.79 Å². The van der Waals surface area contributed by atoms with Crippen LogP contribution >= 0.6 is 23.8 Å². The van der Waals surface area contributed by atoms with Crippen molar-refractivity contribution in [1.29, 1.82) is 0 Å². The molecule has 0 radical (unpaired) electrons. The molecule has 6 nitrogen and oxygen atoms in total. The molecular formula is C15H14ClN3O3S. The van der Waals surface area contributed by atoms with E-state index >= 15 is 0 Å². The van der Waals surface area contributed by atoms with Crippen molar-refractivity contribution in [2.45, 2.75) is 24.9 Å². The Morgan fingerprint density at radius 2 is 2.17 bits per heavy atom. The van der Waals surface area contributed by atoms with Crippen LogP contribution in [-0.4, -0.2) is 39.1 Å². The lowest BCUT2D eigenvalue weighted by Crippen LogP contribution is -2.37. The molecule has 0 unspecified atom stereocenters. The number of carbonyl (C=O) groups is 1. The highest BCUT2D eigenvalue weighted by Crippen LogP contribution is 2.34. The number of carbonyl (C=O) groups excluding carboxylic acids is 1. The van der Waals surface area contributed by atoms with Gasteiger partial charge in [0.1, 0.15) is 6.10 Å². The molecule has 3 atom stereocenters. The average Bonchev–Trinajstić information content (AvgIpc) is 3.09. The third-order valence-electron chi connectivity index (χ3n) is 4.24. The van der Waals surface area contributed by atoms with Gasteiger partial charge in [-0.1, -0.05) is 23.7 Å². The van der Waals surface area contributed by atoms with Crippen LogP contribution in [0.1, 0.15) is 12.5 Å². The van der Waals surface area contributed by atoms with Crippen LogP contribution in [0.5, 0.6) is 0 Å². The molecule has 2 bridgehead atoms. The molecule has 1 aromatic heterocycles. The maximum absolute atomic E-state index is 12.0. The molecule has 120 valence electrons. The minimum Gasteiger partial charge on any atom is -0.343 e. The number of benzene rings is 1. The fourth-order valence-electron chi connectivity index (χ4n) is 3.02. The number of aromatic nitrogens is 3. The van der Waals surface area contributed by atoms with Crippen LogP contribution in [0, 0.1) is 4.77 Å². The van der Waals surface area contributed by atoms with E-state index in [1.165, 1.54) is 0 Å². The van der Waals surface area contributed by atoms with Crippen LogP contribution in [0.2, 0.25) is 5.02 Å². The molecule has 2 saturated heterocycles. The lowest BCUT2D eigenvalue weighted by molar-refractivity contribution is -0.156. The zero-order valence-corrected chi connectivity index (χ0v) is 13.9. The number of fused-ring (bicyclic) bond motifs is 2. The van der Waals surface area contributed by atoms with Crippen LogP contribution in [0.3, 0.4) is 0 Å². The molecule has 3 heterocycles. The minimum atomic E-state index is -0.725. The Kier molecular flexibility index (Phi) is 3.60. The molecule has 2 aliphatic rings. The summed E-state index contributed by atoms with van der Waals surface area (Å²) in [7, 11) is 1.84. The Morgan fingerprint density at radius 3 is 2.96 bits per heavy atom. The van der Waals surface area contributed by atoms with Gasteiger partial charge in [0.2, 0.25) is 6.29 Å². The highest BCUT2D eigenvalue weighted by molar-refractivity contribution is 7.71. The molecular weight excluding hydrogens is 338 g/mol. The predicted octanol–water partition coefficient (Wildman–Crippen LogP) is 2.53. The molecule has 23 heavy (non-hydrogen) atoms. The van der Waals surface area contributed by atoms with Gasteiger partial charge in [-0.15, -0.1) is 0 Å². The van der Waals surface area contributed by atoms with Gasteiger partial charge >= 0.3 is 0 Å². The SMILES string of the molecule is Cn1c(-c2ccccc2Cl)nn([C@H]2CC(=O)[C@H]3OC[C@H]2O3)c1=S. The molecule has 0 saturated carbocycles. The van der Waals surface area contributed by atoms with E-state index in [-0.39, 0.29) is 17.9 Å². The van der Waals surface area contributed by atoms with Crippen LogP contribution in [0.25, 0.3) is 11.4 Å². The maximum Gasteiger partial charge on any atom is 0.218 e. The van der Waals surface area contributed by atoms with E-state index in [1.807, 2.05) is 31.3 Å². The van der Waals surface area contributed by atoms with E-state index in [1.54, 1.807) is 9.25 Å². The summed E-state index contributed by atoms with van der Waals surface area (Å²) in [4.78, 5) is 12.0. The molecule has 4 rings (SSSR count). The van der Waals surface area contributed by atoms with Gasteiger partial charge in [-0.3, -0.25) is 4.79 Å². The first kappa shape index (κ1) is 15.0. The molecule has 0 aliphatic carbocycles. The number of halogens is 1. The number of Topliss-reactive ketones (excluding diaryl/α,β-unsaturated/α-hetero) is 1. The van der Waals surface area contributed by atoms with Crippen molar-refractivity contribution in [1.82, 2.24) is 14.3 Å². The quantitative estimate of drug-likeness (QED) is 0.778. The number of nitrogens with zero attached hydrogens (tertiary/aromatic N) is 3. The molecule has 2 aliphatic heterocycles. The fraction of sp³-hybridized carbons (Fsp3) is 0.400. The summed E-state index contributed by atoms with van der Waals surface area (Å²) < 4.78 is 14.9. The summed E-state index contributed by atoms with van der Waals surface area (Å²) in [6.45, 7) is 0.376. The summed E-state index contributed by atoms with van der Waals surface area (Å²) in [5.41, 5.74) is 0.796. The fourth-order valence-corrected chi connectivity index (χ4v) is 3.50. The molecule has 1 aromatic carbocycles. The van der Waals surface area contributed by atoms with E-state index in [4.69, 9.17) is 33.3 Å². The van der Waals surface area contributed by atoms with Crippen molar-refractivity contribution < 1.29 is 14.3 Å². The van der Waals surface area contributed by atoms with Crippen molar-refractivity contribution in [3.05, 3.63) is 34.1 Å². The first-order valence-electron chi connectivity index (χ1n) is 7.26. The summed E-state index contributed by atoms with van der Waals surface area (Å²) >= 11 is 11.8.